The SMILES string of the molecule is COc1cc(/C=C2/NC(=O)N(Cc3ccccc3)C2=O)c(Br)cc1OCC(=O)Nc1ccc(F)cc1. The Morgan fingerprint density at radius 1 is 1.08 bits per heavy atom. The molecule has 8 nitrogen and oxygen atoms in total. The predicted octanol–water partition coefficient (Wildman–Crippen LogP) is 4.71. The van der Waals surface area contributed by atoms with Crippen LogP contribution in [0.5, 0.6) is 11.5 Å². The number of hydrogen-bond acceptors (Lipinski definition) is 5. The second-order valence-electron chi connectivity index (χ2n) is 7.73. The van der Waals surface area contributed by atoms with Crippen LogP contribution in [-0.2, 0) is 16.1 Å². The van der Waals surface area contributed by atoms with E-state index < -0.39 is 23.7 Å². The molecular formula is C26H21BrFN3O5. The summed E-state index contributed by atoms with van der Waals surface area (Å²) in [5.41, 5.74) is 1.94. The van der Waals surface area contributed by atoms with Gasteiger partial charge in [-0.25, -0.2) is 9.18 Å². The van der Waals surface area contributed by atoms with Crippen molar-refractivity contribution < 1.29 is 28.2 Å². The van der Waals surface area contributed by atoms with E-state index in [4.69, 9.17) is 9.47 Å². The normalized spacial score (nSPS) is 14.1. The summed E-state index contributed by atoms with van der Waals surface area (Å²) in [7, 11) is 1.44. The number of urea groups is 1. The molecule has 0 atom stereocenters. The third kappa shape index (κ3) is 5.89. The molecule has 0 bridgehead atoms. The van der Waals surface area contributed by atoms with E-state index in [2.05, 4.69) is 26.6 Å². The van der Waals surface area contributed by atoms with Crippen LogP contribution in [0.15, 0.2) is 76.9 Å². The van der Waals surface area contributed by atoms with E-state index in [1.54, 1.807) is 12.1 Å². The van der Waals surface area contributed by atoms with Gasteiger partial charge in [-0.2, -0.15) is 0 Å². The summed E-state index contributed by atoms with van der Waals surface area (Å²) in [4.78, 5) is 38.6. The Labute approximate surface area is 214 Å². The number of nitrogens with zero attached hydrogens (tertiary/aromatic N) is 1. The number of halogens is 2. The fourth-order valence-electron chi connectivity index (χ4n) is 3.44. The molecule has 0 spiro atoms. The average Bonchev–Trinajstić information content (AvgIpc) is 3.13. The van der Waals surface area contributed by atoms with Crippen molar-refractivity contribution >= 4 is 45.5 Å². The first kappa shape index (κ1) is 24.9. The van der Waals surface area contributed by atoms with Crippen molar-refractivity contribution in [2.75, 3.05) is 19.0 Å². The quantitative estimate of drug-likeness (QED) is 0.311. The molecule has 10 heteroatoms. The van der Waals surface area contributed by atoms with E-state index in [0.717, 1.165) is 10.5 Å². The van der Waals surface area contributed by atoms with E-state index >= 15 is 0 Å². The number of benzene rings is 3. The van der Waals surface area contributed by atoms with Crippen LogP contribution in [0.25, 0.3) is 6.08 Å². The van der Waals surface area contributed by atoms with Gasteiger partial charge in [0.05, 0.1) is 13.7 Å². The van der Waals surface area contributed by atoms with Crippen LogP contribution in [0.2, 0.25) is 0 Å². The smallest absolute Gasteiger partial charge is 0.329 e. The predicted molar refractivity (Wildman–Crippen MR) is 135 cm³/mol. The topological polar surface area (TPSA) is 97.0 Å². The zero-order chi connectivity index (χ0) is 25.7. The molecule has 1 saturated heterocycles. The first-order valence-corrected chi connectivity index (χ1v) is 11.6. The van der Waals surface area contributed by atoms with Gasteiger partial charge in [0.25, 0.3) is 11.8 Å². The summed E-state index contributed by atoms with van der Waals surface area (Å²) >= 11 is 3.44. The first-order valence-electron chi connectivity index (χ1n) is 10.8. The van der Waals surface area contributed by atoms with Crippen LogP contribution in [0.3, 0.4) is 0 Å². The van der Waals surface area contributed by atoms with Gasteiger partial charge >= 0.3 is 6.03 Å². The van der Waals surface area contributed by atoms with Gasteiger partial charge < -0.3 is 20.1 Å². The standard InChI is InChI=1S/C26H21BrFN3O5/c1-35-22-12-17(11-21-25(33)31(26(34)30-21)14-16-5-3-2-4-6-16)20(27)13-23(22)36-15-24(32)29-19-9-7-18(28)8-10-19/h2-13H,14-15H2,1H3,(H,29,32)(H,30,34)/b21-11+. The summed E-state index contributed by atoms with van der Waals surface area (Å²) in [6.45, 7) is -0.163. The molecule has 3 aromatic carbocycles. The maximum absolute atomic E-state index is 13.0. The van der Waals surface area contributed by atoms with Crippen molar-refractivity contribution in [3.63, 3.8) is 0 Å². The molecule has 1 heterocycles. The van der Waals surface area contributed by atoms with Crippen molar-refractivity contribution in [3.8, 4) is 11.5 Å². The van der Waals surface area contributed by atoms with Crippen molar-refractivity contribution in [2.45, 2.75) is 6.54 Å². The van der Waals surface area contributed by atoms with Gasteiger partial charge in [0, 0.05) is 10.2 Å². The molecular weight excluding hydrogens is 533 g/mol. The monoisotopic (exact) mass is 553 g/mol. The van der Waals surface area contributed by atoms with Gasteiger partial charge in [0.15, 0.2) is 18.1 Å². The van der Waals surface area contributed by atoms with Crippen LogP contribution in [0.4, 0.5) is 14.9 Å². The summed E-state index contributed by atoms with van der Waals surface area (Å²) < 4.78 is 24.6. The summed E-state index contributed by atoms with van der Waals surface area (Å²) in [5.74, 6) is -0.696. The molecule has 184 valence electrons. The van der Waals surface area contributed by atoms with E-state index in [9.17, 15) is 18.8 Å². The maximum Gasteiger partial charge on any atom is 0.329 e. The highest BCUT2D eigenvalue weighted by Crippen LogP contribution is 2.35. The Bertz CT molecular complexity index is 1330. The van der Waals surface area contributed by atoms with Gasteiger partial charge in [0.2, 0.25) is 0 Å². The lowest BCUT2D eigenvalue weighted by Gasteiger charge is -2.13. The maximum atomic E-state index is 13.0. The minimum absolute atomic E-state index is 0.117. The van der Waals surface area contributed by atoms with Crippen LogP contribution in [0, 0.1) is 5.82 Å². The molecule has 0 unspecified atom stereocenters. The highest BCUT2D eigenvalue weighted by Gasteiger charge is 2.33. The van der Waals surface area contributed by atoms with Gasteiger partial charge in [-0.1, -0.05) is 46.3 Å². The lowest BCUT2D eigenvalue weighted by Crippen LogP contribution is -2.30. The number of hydrogen-bond donors (Lipinski definition) is 2. The highest BCUT2D eigenvalue weighted by atomic mass is 79.9. The van der Waals surface area contributed by atoms with Crippen LogP contribution >= 0.6 is 15.9 Å². The second-order valence-corrected chi connectivity index (χ2v) is 8.59. The van der Waals surface area contributed by atoms with Crippen LogP contribution in [0.1, 0.15) is 11.1 Å². The van der Waals surface area contributed by atoms with Gasteiger partial charge in [-0.3, -0.25) is 14.5 Å². The van der Waals surface area contributed by atoms with Gasteiger partial charge in [0.1, 0.15) is 11.5 Å². The molecule has 0 saturated carbocycles. The van der Waals surface area contributed by atoms with Crippen molar-refractivity contribution in [2.24, 2.45) is 0 Å². The fourth-order valence-corrected chi connectivity index (χ4v) is 3.88. The third-order valence-electron chi connectivity index (χ3n) is 5.22. The largest absolute Gasteiger partial charge is 0.493 e. The number of carbonyl (C=O) groups excluding carboxylic acids is 3. The molecule has 4 amide bonds. The first-order chi connectivity index (χ1) is 17.3. The molecule has 1 aliphatic rings. The van der Waals surface area contributed by atoms with E-state index in [1.165, 1.54) is 37.5 Å². The number of ether oxygens (including phenoxy) is 2. The van der Waals surface area contributed by atoms with E-state index in [1.807, 2.05) is 30.3 Å². The molecule has 2 N–H and O–H groups in total. The number of imide groups is 1. The number of anilines is 1. The molecule has 0 radical (unpaired) electrons. The number of nitrogens with one attached hydrogen (secondary N) is 2. The Kier molecular flexibility index (Phi) is 7.65. The minimum atomic E-state index is -0.509. The van der Waals surface area contributed by atoms with Crippen molar-refractivity contribution in [1.82, 2.24) is 10.2 Å². The number of rotatable bonds is 8. The van der Waals surface area contributed by atoms with E-state index in [0.29, 0.717) is 21.5 Å². The second kappa shape index (κ2) is 11.0. The zero-order valence-corrected chi connectivity index (χ0v) is 20.7. The fraction of sp³-hybridized carbons (Fsp3) is 0.115. The minimum Gasteiger partial charge on any atom is -0.493 e. The third-order valence-corrected chi connectivity index (χ3v) is 5.90. The van der Waals surface area contributed by atoms with Crippen LogP contribution < -0.4 is 20.1 Å². The number of amides is 4. The summed E-state index contributed by atoms with van der Waals surface area (Å²) in [6, 6.07) is 17.3. The molecule has 3 aromatic rings. The molecule has 1 fully saturated rings. The Hall–Kier alpha value is -4.18. The Morgan fingerprint density at radius 3 is 2.50 bits per heavy atom. The average molecular weight is 554 g/mol. The molecule has 0 aromatic heterocycles. The lowest BCUT2D eigenvalue weighted by molar-refractivity contribution is -0.123. The summed E-state index contributed by atoms with van der Waals surface area (Å²) in [5, 5.41) is 5.20. The molecule has 1 aliphatic heterocycles. The highest BCUT2D eigenvalue weighted by molar-refractivity contribution is 9.10. The lowest BCUT2D eigenvalue weighted by atomic mass is 10.1. The van der Waals surface area contributed by atoms with Crippen molar-refractivity contribution in [1.29, 1.82) is 0 Å². The zero-order valence-electron chi connectivity index (χ0n) is 19.1. The van der Waals surface area contributed by atoms with Gasteiger partial charge in [-0.15, -0.1) is 0 Å². The van der Waals surface area contributed by atoms with Crippen LogP contribution in [-0.4, -0.2) is 36.5 Å². The van der Waals surface area contributed by atoms with Gasteiger partial charge in [-0.05, 0) is 53.6 Å². The molecule has 4 rings (SSSR count). The number of methoxy groups -OCH3 is 1. The Morgan fingerprint density at radius 2 is 1.81 bits per heavy atom. The summed E-state index contributed by atoms with van der Waals surface area (Å²) in [6.07, 6.45) is 1.53. The van der Waals surface area contributed by atoms with E-state index in [-0.39, 0.29) is 24.6 Å². The Balaban J connectivity index is 1.46. The van der Waals surface area contributed by atoms with Crippen molar-refractivity contribution in [3.05, 3.63) is 93.8 Å². The number of carbonyl (C=O) groups is 3. The molecule has 0 aliphatic carbocycles. The molecule has 36 heavy (non-hydrogen) atoms.